The van der Waals surface area contributed by atoms with Crippen LogP contribution in [0.3, 0.4) is 0 Å². The van der Waals surface area contributed by atoms with Crippen molar-refractivity contribution in [1.29, 1.82) is 0 Å². The van der Waals surface area contributed by atoms with Crippen molar-refractivity contribution < 1.29 is 4.74 Å². The summed E-state index contributed by atoms with van der Waals surface area (Å²) in [4.78, 5) is 0. The van der Waals surface area contributed by atoms with E-state index in [2.05, 4.69) is 27.1 Å². The van der Waals surface area contributed by atoms with Crippen LogP contribution in [0.2, 0.25) is 0 Å². The maximum Gasteiger partial charge on any atom is 0.119 e. The zero-order chi connectivity index (χ0) is 11.5. The molecule has 1 aromatic carbocycles. The summed E-state index contributed by atoms with van der Waals surface area (Å²) in [6.07, 6.45) is 0. The van der Waals surface area contributed by atoms with Crippen LogP contribution in [0.25, 0.3) is 5.69 Å². The number of halogens is 1. The predicted molar refractivity (Wildman–Crippen MR) is 67.5 cm³/mol. The Balaban J connectivity index is 2.41. The van der Waals surface area contributed by atoms with Gasteiger partial charge < -0.3 is 4.74 Å². The Kier molecular flexibility index (Phi) is 3.29. The fourth-order valence-electron chi connectivity index (χ4n) is 1.60. The molecule has 0 aliphatic carbocycles. The van der Waals surface area contributed by atoms with Crippen LogP contribution in [0.15, 0.2) is 30.3 Å². The summed E-state index contributed by atoms with van der Waals surface area (Å²) in [5.74, 6) is 0.855. The first-order valence-electron chi connectivity index (χ1n) is 5.00. The molecule has 0 saturated heterocycles. The Morgan fingerprint density at radius 2 is 2.00 bits per heavy atom. The number of methoxy groups -OCH3 is 1. The van der Waals surface area contributed by atoms with E-state index in [1.807, 2.05) is 35.9 Å². The van der Waals surface area contributed by atoms with Gasteiger partial charge >= 0.3 is 0 Å². The number of ether oxygens (including phenoxy) is 1. The molecular weight excluding hydrogens is 268 g/mol. The number of aromatic nitrogens is 2. The van der Waals surface area contributed by atoms with Crippen LogP contribution in [0.5, 0.6) is 5.75 Å². The maximum atomic E-state index is 5.13. The summed E-state index contributed by atoms with van der Waals surface area (Å²) in [5.41, 5.74) is 3.20. The highest BCUT2D eigenvalue weighted by Crippen LogP contribution is 2.18. The number of nitrogens with zero attached hydrogens (tertiary/aromatic N) is 2. The molecule has 3 nitrogen and oxygen atoms in total. The van der Waals surface area contributed by atoms with E-state index < -0.39 is 0 Å². The largest absolute Gasteiger partial charge is 0.497 e. The summed E-state index contributed by atoms with van der Waals surface area (Å²) >= 11 is 3.46. The third kappa shape index (κ3) is 2.11. The number of alkyl halides is 1. The van der Waals surface area contributed by atoms with Crippen LogP contribution in [0.4, 0.5) is 0 Å². The van der Waals surface area contributed by atoms with Gasteiger partial charge in [0.15, 0.2) is 0 Å². The zero-order valence-electron chi connectivity index (χ0n) is 9.27. The van der Waals surface area contributed by atoms with Crippen molar-refractivity contribution in [3.63, 3.8) is 0 Å². The highest BCUT2D eigenvalue weighted by atomic mass is 79.9. The fraction of sp³-hybridized carbons (Fsp3) is 0.250. The number of rotatable bonds is 3. The van der Waals surface area contributed by atoms with Gasteiger partial charge in [-0.05, 0) is 37.3 Å². The molecule has 0 radical (unpaired) electrons. The predicted octanol–water partition coefficient (Wildman–Crippen LogP) is 3.08. The second kappa shape index (κ2) is 4.70. The molecule has 0 aliphatic heterocycles. The lowest BCUT2D eigenvalue weighted by Crippen LogP contribution is -2.00. The summed E-state index contributed by atoms with van der Waals surface area (Å²) in [7, 11) is 1.66. The molecule has 4 heteroatoms. The molecule has 84 valence electrons. The second-order valence-corrected chi connectivity index (χ2v) is 4.08. The highest BCUT2D eigenvalue weighted by molar-refractivity contribution is 9.08. The number of benzene rings is 1. The Hall–Kier alpha value is -1.29. The van der Waals surface area contributed by atoms with Gasteiger partial charge in [-0.15, -0.1) is 0 Å². The molecule has 1 heterocycles. The Bertz CT molecular complexity index is 476. The van der Waals surface area contributed by atoms with Gasteiger partial charge in [-0.2, -0.15) is 5.10 Å². The van der Waals surface area contributed by atoms with E-state index in [1.54, 1.807) is 7.11 Å². The van der Waals surface area contributed by atoms with Gasteiger partial charge in [0.05, 0.1) is 24.2 Å². The lowest BCUT2D eigenvalue weighted by atomic mass is 10.3. The molecule has 0 N–H and O–H groups in total. The Morgan fingerprint density at radius 1 is 1.31 bits per heavy atom. The molecule has 2 rings (SSSR count). The molecule has 0 saturated carbocycles. The average Bonchev–Trinajstić information content (AvgIpc) is 2.70. The third-order valence-corrected chi connectivity index (χ3v) is 2.93. The highest BCUT2D eigenvalue weighted by Gasteiger charge is 2.06. The van der Waals surface area contributed by atoms with Gasteiger partial charge in [-0.3, -0.25) is 0 Å². The lowest BCUT2D eigenvalue weighted by Gasteiger charge is -2.06. The van der Waals surface area contributed by atoms with Crippen molar-refractivity contribution in [2.75, 3.05) is 7.11 Å². The molecular formula is C12H13BrN2O. The molecule has 0 fully saturated rings. The minimum atomic E-state index is 0.792. The van der Waals surface area contributed by atoms with Crippen LogP contribution in [0, 0.1) is 6.92 Å². The summed E-state index contributed by atoms with van der Waals surface area (Å²) < 4.78 is 7.06. The fourth-order valence-corrected chi connectivity index (χ4v) is 1.99. The van der Waals surface area contributed by atoms with E-state index in [-0.39, 0.29) is 0 Å². The molecule has 0 unspecified atom stereocenters. The molecule has 0 atom stereocenters. The standard InChI is InChI=1S/C12H13BrN2O/c1-9-7-11(8-13)15(14-9)10-3-5-12(16-2)6-4-10/h3-7H,8H2,1-2H3. The lowest BCUT2D eigenvalue weighted by molar-refractivity contribution is 0.414. The normalized spacial score (nSPS) is 10.4. The van der Waals surface area contributed by atoms with Gasteiger partial charge in [0.25, 0.3) is 0 Å². The van der Waals surface area contributed by atoms with Crippen LogP contribution < -0.4 is 4.74 Å². The van der Waals surface area contributed by atoms with Gasteiger partial charge in [0.1, 0.15) is 5.75 Å². The zero-order valence-corrected chi connectivity index (χ0v) is 10.9. The Morgan fingerprint density at radius 3 is 2.56 bits per heavy atom. The van der Waals surface area contributed by atoms with Crippen molar-refractivity contribution in [3.05, 3.63) is 41.7 Å². The molecule has 1 aromatic heterocycles. The van der Waals surface area contributed by atoms with E-state index in [0.717, 1.165) is 28.2 Å². The maximum absolute atomic E-state index is 5.13. The minimum Gasteiger partial charge on any atom is -0.497 e. The minimum absolute atomic E-state index is 0.792. The topological polar surface area (TPSA) is 27.1 Å². The SMILES string of the molecule is COc1ccc(-n2nc(C)cc2CBr)cc1. The number of hydrogen-bond donors (Lipinski definition) is 0. The Labute approximate surface area is 103 Å². The van der Waals surface area contributed by atoms with E-state index in [0.29, 0.717) is 0 Å². The summed E-state index contributed by atoms with van der Waals surface area (Å²) in [5, 5.41) is 5.24. The molecule has 0 aliphatic rings. The first-order valence-corrected chi connectivity index (χ1v) is 6.12. The number of aryl methyl sites for hydroxylation is 1. The molecule has 16 heavy (non-hydrogen) atoms. The molecule has 2 aromatic rings. The van der Waals surface area contributed by atoms with Crippen molar-refractivity contribution in [1.82, 2.24) is 9.78 Å². The van der Waals surface area contributed by atoms with Crippen LogP contribution >= 0.6 is 15.9 Å². The molecule has 0 spiro atoms. The van der Waals surface area contributed by atoms with Crippen LogP contribution in [-0.2, 0) is 5.33 Å². The summed E-state index contributed by atoms with van der Waals surface area (Å²) in [6, 6.07) is 9.93. The quantitative estimate of drug-likeness (QED) is 0.808. The van der Waals surface area contributed by atoms with Crippen molar-refractivity contribution in [2.45, 2.75) is 12.3 Å². The van der Waals surface area contributed by atoms with Crippen molar-refractivity contribution in [2.24, 2.45) is 0 Å². The smallest absolute Gasteiger partial charge is 0.119 e. The van der Waals surface area contributed by atoms with E-state index >= 15 is 0 Å². The molecule has 0 amide bonds. The first kappa shape index (κ1) is 11.2. The summed E-state index contributed by atoms with van der Waals surface area (Å²) in [6.45, 7) is 1.99. The van der Waals surface area contributed by atoms with Crippen molar-refractivity contribution >= 4 is 15.9 Å². The van der Waals surface area contributed by atoms with E-state index in [9.17, 15) is 0 Å². The van der Waals surface area contributed by atoms with E-state index in [4.69, 9.17) is 4.74 Å². The molecule has 0 bridgehead atoms. The monoisotopic (exact) mass is 280 g/mol. The first-order chi connectivity index (χ1) is 7.74. The third-order valence-electron chi connectivity index (χ3n) is 2.36. The van der Waals surface area contributed by atoms with Gasteiger partial charge in [-0.1, -0.05) is 15.9 Å². The van der Waals surface area contributed by atoms with Crippen molar-refractivity contribution in [3.8, 4) is 11.4 Å². The van der Waals surface area contributed by atoms with E-state index in [1.165, 1.54) is 0 Å². The van der Waals surface area contributed by atoms with Crippen LogP contribution in [0.1, 0.15) is 11.4 Å². The average molecular weight is 281 g/mol. The second-order valence-electron chi connectivity index (χ2n) is 3.52. The number of hydrogen-bond acceptors (Lipinski definition) is 2. The van der Waals surface area contributed by atoms with Gasteiger partial charge in [-0.25, -0.2) is 4.68 Å². The van der Waals surface area contributed by atoms with Gasteiger partial charge in [0, 0.05) is 5.33 Å². The van der Waals surface area contributed by atoms with Gasteiger partial charge in [0.2, 0.25) is 0 Å². The van der Waals surface area contributed by atoms with Crippen LogP contribution in [-0.4, -0.2) is 16.9 Å².